The van der Waals surface area contributed by atoms with Gasteiger partial charge >= 0.3 is 0 Å². The number of methoxy groups -OCH3 is 1. The summed E-state index contributed by atoms with van der Waals surface area (Å²) in [5.41, 5.74) is 0. The van der Waals surface area contributed by atoms with E-state index in [9.17, 15) is 0 Å². The highest BCUT2D eigenvalue weighted by atomic mass is 16.5. The minimum Gasteiger partial charge on any atom is -0.367 e. The third-order valence-electron chi connectivity index (χ3n) is 1.85. The van der Waals surface area contributed by atoms with Crippen LogP contribution in [0.2, 0.25) is 0 Å². The predicted octanol–water partition coefficient (Wildman–Crippen LogP) is 1.61. The number of hydrogen-bond acceptors (Lipinski definition) is 2. The summed E-state index contributed by atoms with van der Waals surface area (Å²) in [5, 5.41) is 3.31. The first-order chi connectivity index (χ1) is 4.57. The molecule has 2 heteroatoms. The zero-order valence-electron chi connectivity index (χ0n) is 7.64. The first-order valence-electron chi connectivity index (χ1n) is 3.86. The maximum atomic E-state index is 5.06. The zero-order chi connectivity index (χ0) is 8.15. The molecule has 1 N–H and O–H groups in total. The molecule has 0 saturated carbocycles. The minimum atomic E-state index is 0.164. The van der Waals surface area contributed by atoms with Gasteiger partial charge in [-0.25, -0.2) is 0 Å². The van der Waals surface area contributed by atoms with Gasteiger partial charge in [-0.2, -0.15) is 0 Å². The summed E-state index contributed by atoms with van der Waals surface area (Å²) >= 11 is 0. The predicted molar refractivity (Wildman–Crippen MR) is 43.9 cm³/mol. The Morgan fingerprint density at radius 3 is 1.90 bits per heavy atom. The summed E-state index contributed by atoms with van der Waals surface area (Å²) in [6, 6.07) is 0.523. The fourth-order valence-electron chi connectivity index (χ4n) is 0.631. The Bertz CT molecular complexity index is 83.3. The quantitative estimate of drug-likeness (QED) is 0.607. The van der Waals surface area contributed by atoms with Crippen LogP contribution in [0.3, 0.4) is 0 Å². The summed E-state index contributed by atoms with van der Waals surface area (Å²) in [7, 11) is 1.71. The van der Waals surface area contributed by atoms with Gasteiger partial charge in [0.25, 0.3) is 0 Å². The highest BCUT2D eigenvalue weighted by molar-refractivity contribution is 4.64. The molecule has 0 bridgehead atoms. The fraction of sp³-hybridized carbons (Fsp3) is 1.00. The summed E-state index contributed by atoms with van der Waals surface area (Å²) in [5.74, 6) is 0.664. The van der Waals surface area contributed by atoms with Gasteiger partial charge in [-0.15, -0.1) is 0 Å². The Labute approximate surface area is 64.0 Å². The molecule has 0 aromatic carbocycles. The molecule has 0 saturated heterocycles. The Kier molecular flexibility index (Phi) is 4.65. The van der Waals surface area contributed by atoms with Crippen LogP contribution in [0.25, 0.3) is 0 Å². The summed E-state index contributed by atoms with van der Waals surface area (Å²) in [6.07, 6.45) is 0.164. The normalized spacial score (nSPS) is 17.4. The molecule has 0 fully saturated rings. The van der Waals surface area contributed by atoms with Crippen molar-refractivity contribution in [3.63, 3.8) is 0 Å². The van der Waals surface area contributed by atoms with E-state index in [1.165, 1.54) is 0 Å². The molecule has 0 heterocycles. The molecule has 62 valence electrons. The Hall–Kier alpha value is -0.0800. The maximum absolute atomic E-state index is 5.06. The summed E-state index contributed by atoms with van der Waals surface area (Å²) in [6.45, 7) is 8.57. The van der Waals surface area contributed by atoms with Crippen molar-refractivity contribution in [2.45, 2.75) is 40.0 Å². The maximum Gasteiger partial charge on any atom is 0.105 e. The van der Waals surface area contributed by atoms with Gasteiger partial charge < -0.3 is 4.74 Å². The van der Waals surface area contributed by atoms with Crippen LogP contribution in [0.1, 0.15) is 27.7 Å². The van der Waals surface area contributed by atoms with Gasteiger partial charge in [0.1, 0.15) is 6.23 Å². The molecule has 10 heavy (non-hydrogen) atoms. The van der Waals surface area contributed by atoms with Crippen molar-refractivity contribution >= 4 is 0 Å². The largest absolute Gasteiger partial charge is 0.367 e. The van der Waals surface area contributed by atoms with Crippen LogP contribution in [0.5, 0.6) is 0 Å². The van der Waals surface area contributed by atoms with E-state index in [2.05, 4.69) is 26.1 Å². The molecular weight excluding hydrogens is 126 g/mol. The SMILES string of the molecule is CO[C@@H](C)NC(C)C(C)C. The van der Waals surface area contributed by atoms with E-state index in [0.29, 0.717) is 12.0 Å². The summed E-state index contributed by atoms with van der Waals surface area (Å²) < 4.78 is 5.06. The zero-order valence-corrected chi connectivity index (χ0v) is 7.64. The molecule has 0 aliphatic heterocycles. The number of nitrogens with one attached hydrogen (secondary N) is 1. The standard InChI is InChI=1S/C8H19NO/c1-6(2)7(3)9-8(4)10-5/h6-9H,1-5H3/t7?,8-/m0/s1. The lowest BCUT2D eigenvalue weighted by Gasteiger charge is -2.21. The molecule has 0 aromatic rings. The van der Waals surface area contributed by atoms with Crippen molar-refractivity contribution in [2.24, 2.45) is 5.92 Å². The van der Waals surface area contributed by atoms with Crippen molar-refractivity contribution in [3.8, 4) is 0 Å². The average molecular weight is 145 g/mol. The first kappa shape index (κ1) is 9.92. The minimum absolute atomic E-state index is 0.164. The smallest absolute Gasteiger partial charge is 0.105 e. The molecular formula is C8H19NO. The molecule has 0 aliphatic carbocycles. The lowest BCUT2D eigenvalue weighted by atomic mass is 10.1. The molecule has 0 rings (SSSR count). The van der Waals surface area contributed by atoms with E-state index in [1.54, 1.807) is 7.11 Å². The molecule has 0 amide bonds. The second-order valence-corrected chi connectivity index (χ2v) is 3.08. The van der Waals surface area contributed by atoms with Crippen LogP contribution in [0.4, 0.5) is 0 Å². The van der Waals surface area contributed by atoms with Crippen LogP contribution >= 0.6 is 0 Å². The van der Waals surface area contributed by atoms with Crippen LogP contribution in [0, 0.1) is 5.92 Å². The highest BCUT2D eigenvalue weighted by Gasteiger charge is 2.08. The van der Waals surface area contributed by atoms with Gasteiger partial charge in [0.15, 0.2) is 0 Å². The number of hydrogen-bond donors (Lipinski definition) is 1. The second-order valence-electron chi connectivity index (χ2n) is 3.08. The van der Waals surface area contributed by atoms with E-state index in [1.807, 2.05) is 6.92 Å². The third kappa shape index (κ3) is 3.85. The molecule has 0 aliphatic rings. The van der Waals surface area contributed by atoms with E-state index in [-0.39, 0.29) is 6.23 Å². The molecule has 1 unspecified atom stereocenters. The van der Waals surface area contributed by atoms with Crippen LogP contribution in [-0.2, 0) is 4.74 Å². The van der Waals surface area contributed by atoms with Crippen molar-refractivity contribution in [1.29, 1.82) is 0 Å². The average Bonchev–Trinajstić information content (AvgIpc) is 1.87. The lowest BCUT2D eigenvalue weighted by molar-refractivity contribution is 0.0744. The van der Waals surface area contributed by atoms with Gasteiger partial charge in [-0.05, 0) is 19.8 Å². The number of ether oxygens (including phenoxy) is 1. The number of rotatable bonds is 4. The van der Waals surface area contributed by atoms with Crippen LogP contribution < -0.4 is 5.32 Å². The van der Waals surface area contributed by atoms with Crippen molar-refractivity contribution in [2.75, 3.05) is 7.11 Å². The van der Waals surface area contributed by atoms with Crippen LogP contribution in [0.15, 0.2) is 0 Å². The van der Waals surface area contributed by atoms with Crippen molar-refractivity contribution in [3.05, 3.63) is 0 Å². The first-order valence-corrected chi connectivity index (χ1v) is 3.86. The monoisotopic (exact) mass is 145 g/mol. The Balaban J connectivity index is 3.46. The molecule has 0 radical (unpaired) electrons. The summed E-state index contributed by atoms with van der Waals surface area (Å²) in [4.78, 5) is 0. The Morgan fingerprint density at radius 2 is 1.60 bits per heavy atom. The van der Waals surface area contributed by atoms with E-state index < -0.39 is 0 Å². The van der Waals surface area contributed by atoms with Crippen molar-refractivity contribution < 1.29 is 4.74 Å². The topological polar surface area (TPSA) is 21.3 Å². The van der Waals surface area contributed by atoms with Gasteiger partial charge in [0.05, 0.1) is 0 Å². The van der Waals surface area contributed by atoms with E-state index in [4.69, 9.17) is 4.74 Å². The molecule has 0 spiro atoms. The van der Waals surface area contributed by atoms with E-state index >= 15 is 0 Å². The molecule has 0 aromatic heterocycles. The van der Waals surface area contributed by atoms with Crippen LogP contribution in [-0.4, -0.2) is 19.4 Å². The van der Waals surface area contributed by atoms with Gasteiger partial charge in [0, 0.05) is 13.2 Å². The van der Waals surface area contributed by atoms with Gasteiger partial charge in [0.2, 0.25) is 0 Å². The second kappa shape index (κ2) is 4.69. The third-order valence-corrected chi connectivity index (χ3v) is 1.85. The van der Waals surface area contributed by atoms with Gasteiger partial charge in [-0.3, -0.25) is 5.32 Å². The van der Waals surface area contributed by atoms with Gasteiger partial charge in [-0.1, -0.05) is 13.8 Å². The van der Waals surface area contributed by atoms with Crippen molar-refractivity contribution in [1.82, 2.24) is 5.32 Å². The fourth-order valence-corrected chi connectivity index (χ4v) is 0.631. The molecule has 2 atom stereocenters. The highest BCUT2D eigenvalue weighted by Crippen LogP contribution is 2.00. The lowest BCUT2D eigenvalue weighted by Crippen LogP contribution is -2.38. The molecule has 2 nitrogen and oxygen atoms in total. The Morgan fingerprint density at radius 1 is 1.10 bits per heavy atom. The van der Waals surface area contributed by atoms with E-state index in [0.717, 1.165) is 0 Å².